The largest absolute Gasteiger partial charge is 0.462 e. The molecular weight excluding hydrogens is 236 g/mol. The number of nitrogen functional groups attached to an aromatic ring is 1. The molecule has 0 amide bonds. The topological polar surface area (TPSA) is 65.2 Å². The van der Waals surface area contributed by atoms with Crippen LogP contribution in [0, 0.1) is 13.8 Å². The molecule has 5 heteroatoms. The van der Waals surface area contributed by atoms with Gasteiger partial charge >= 0.3 is 5.97 Å². The second kappa shape index (κ2) is 4.33. The Morgan fingerprint density at radius 3 is 2.88 bits per heavy atom. The van der Waals surface area contributed by atoms with Crippen molar-refractivity contribution in [1.82, 2.24) is 4.98 Å². The van der Waals surface area contributed by atoms with Crippen LogP contribution in [0.2, 0.25) is 0 Å². The molecule has 2 N–H and O–H groups in total. The molecular formula is C12H14N2O2S. The number of carbonyl (C=O) groups is 1. The second-order valence-corrected chi connectivity index (χ2v) is 4.82. The number of thiophene rings is 1. The summed E-state index contributed by atoms with van der Waals surface area (Å²) in [6.45, 7) is 6.05. The number of hydrogen-bond donors (Lipinski definition) is 1. The Bertz CT molecular complexity index is 590. The van der Waals surface area contributed by atoms with E-state index in [1.807, 2.05) is 19.9 Å². The molecule has 0 unspecified atom stereocenters. The van der Waals surface area contributed by atoms with Gasteiger partial charge in [-0.3, -0.25) is 0 Å². The molecule has 0 radical (unpaired) electrons. The van der Waals surface area contributed by atoms with Crippen LogP contribution < -0.4 is 5.73 Å². The molecule has 0 saturated heterocycles. The minimum Gasteiger partial charge on any atom is -0.462 e. The van der Waals surface area contributed by atoms with Crippen LogP contribution in [-0.2, 0) is 4.74 Å². The fourth-order valence-corrected chi connectivity index (χ4v) is 3.03. The van der Waals surface area contributed by atoms with Crippen LogP contribution in [0.1, 0.15) is 27.7 Å². The second-order valence-electron chi connectivity index (χ2n) is 3.82. The summed E-state index contributed by atoms with van der Waals surface area (Å²) in [6, 6.07) is 1.82. The number of carbonyl (C=O) groups excluding carboxylic acids is 1. The Kier molecular flexibility index (Phi) is 3.02. The molecule has 2 heterocycles. The Morgan fingerprint density at radius 1 is 1.53 bits per heavy atom. The fourth-order valence-electron chi connectivity index (χ4n) is 1.88. The summed E-state index contributed by atoms with van der Waals surface area (Å²) < 4.78 is 5.02. The highest BCUT2D eigenvalue weighted by Crippen LogP contribution is 2.33. The molecule has 0 aliphatic heterocycles. The van der Waals surface area contributed by atoms with E-state index in [0.717, 1.165) is 21.3 Å². The highest BCUT2D eigenvalue weighted by molar-refractivity contribution is 7.20. The SMILES string of the molecule is CCOC(=O)c1sc2nc(N)cc(C)c2c1C. The Morgan fingerprint density at radius 2 is 2.24 bits per heavy atom. The van der Waals surface area contributed by atoms with E-state index in [1.165, 1.54) is 11.3 Å². The van der Waals surface area contributed by atoms with E-state index in [4.69, 9.17) is 10.5 Å². The van der Waals surface area contributed by atoms with Crippen LogP contribution in [0.4, 0.5) is 5.82 Å². The molecule has 0 fully saturated rings. The average Bonchev–Trinajstić information content (AvgIpc) is 2.56. The van der Waals surface area contributed by atoms with E-state index in [1.54, 1.807) is 6.92 Å². The molecule has 4 nitrogen and oxygen atoms in total. The molecule has 0 spiro atoms. The van der Waals surface area contributed by atoms with E-state index in [9.17, 15) is 4.79 Å². The van der Waals surface area contributed by atoms with Gasteiger partial charge < -0.3 is 10.5 Å². The maximum absolute atomic E-state index is 11.8. The van der Waals surface area contributed by atoms with Gasteiger partial charge in [-0.15, -0.1) is 11.3 Å². The fraction of sp³-hybridized carbons (Fsp3) is 0.333. The first-order valence-electron chi connectivity index (χ1n) is 5.38. The van der Waals surface area contributed by atoms with Crippen molar-refractivity contribution < 1.29 is 9.53 Å². The molecule has 2 aromatic rings. The zero-order chi connectivity index (χ0) is 12.6. The highest BCUT2D eigenvalue weighted by atomic mass is 32.1. The van der Waals surface area contributed by atoms with Crippen LogP contribution >= 0.6 is 11.3 Å². The van der Waals surface area contributed by atoms with Crippen molar-refractivity contribution in [2.75, 3.05) is 12.3 Å². The predicted molar refractivity (Wildman–Crippen MR) is 69.5 cm³/mol. The standard InChI is InChI=1S/C12H14N2O2S/c1-4-16-12(15)10-7(3)9-6(2)5-8(13)14-11(9)17-10/h5H,4H2,1-3H3,(H2,13,14). The van der Waals surface area contributed by atoms with E-state index >= 15 is 0 Å². The number of hydrogen-bond acceptors (Lipinski definition) is 5. The van der Waals surface area contributed by atoms with Crippen molar-refractivity contribution in [3.05, 3.63) is 22.1 Å². The number of aryl methyl sites for hydroxylation is 2. The Labute approximate surface area is 103 Å². The van der Waals surface area contributed by atoms with Crippen molar-refractivity contribution in [3.8, 4) is 0 Å². The van der Waals surface area contributed by atoms with E-state index in [2.05, 4.69) is 4.98 Å². The molecule has 0 atom stereocenters. The maximum Gasteiger partial charge on any atom is 0.348 e. The summed E-state index contributed by atoms with van der Waals surface area (Å²) in [4.78, 5) is 17.4. The van der Waals surface area contributed by atoms with Gasteiger partial charge in [-0.2, -0.15) is 0 Å². The molecule has 2 aromatic heterocycles. The van der Waals surface area contributed by atoms with Crippen molar-refractivity contribution in [2.24, 2.45) is 0 Å². The van der Waals surface area contributed by atoms with E-state index in [-0.39, 0.29) is 5.97 Å². The van der Waals surface area contributed by atoms with E-state index in [0.29, 0.717) is 17.3 Å². The van der Waals surface area contributed by atoms with E-state index < -0.39 is 0 Å². The monoisotopic (exact) mass is 250 g/mol. The van der Waals surface area contributed by atoms with Gasteiger partial charge in [0, 0.05) is 5.39 Å². The molecule has 0 saturated carbocycles. The number of anilines is 1. The van der Waals surface area contributed by atoms with Gasteiger partial charge in [0.1, 0.15) is 15.5 Å². The number of ether oxygens (including phenoxy) is 1. The van der Waals surface area contributed by atoms with Gasteiger partial charge in [-0.1, -0.05) is 0 Å². The van der Waals surface area contributed by atoms with Gasteiger partial charge in [0.15, 0.2) is 0 Å². The van der Waals surface area contributed by atoms with Crippen molar-refractivity contribution >= 4 is 33.3 Å². The summed E-state index contributed by atoms with van der Waals surface area (Å²) in [5, 5.41) is 1.01. The summed E-state index contributed by atoms with van der Waals surface area (Å²) in [7, 11) is 0. The molecule has 0 bridgehead atoms. The van der Waals surface area contributed by atoms with Crippen molar-refractivity contribution in [2.45, 2.75) is 20.8 Å². The molecule has 2 rings (SSSR count). The number of nitrogens with zero attached hydrogens (tertiary/aromatic N) is 1. The molecule has 17 heavy (non-hydrogen) atoms. The smallest absolute Gasteiger partial charge is 0.348 e. The first-order valence-corrected chi connectivity index (χ1v) is 6.19. The van der Waals surface area contributed by atoms with Crippen LogP contribution in [0.5, 0.6) is 0 Å². The van der Waals surface area contributed by atoms with Crippen LogP contribution in [-0.4, -0.2) is 17.6 Å². The Hall–Kier alpha value is -1.62. The lowest BCUT2D eigenvalue weighted by molar-refractivity contribution is 0.0531. The van der Waals surface area contributed by atoms with Gasteiger partial charge in [-0.25, -0.2) is 9.78 Å². The zero-order valence-electron chi connectivity index (χ0n) is 10.0. The van der Waals surface area contributed by atoms with Gasteiger partial charge in [-0.05, 0) is 38.0 Å². The van der Waals surface area contributed by atoms with Crippen molar-refractivity contribution in [1.29, 1.82) is 0 Å². The summed E-state index contributed by atoms with van der Waals surface area (Å²) in [5.41, 5.74) is 7.66. The summed E-state index contributed by atoms with van der Waals surface area (Å²) >= 11 is 1.33. The number of pyridine rings is 1. The third-order valence-electron chi connectivity index (χ3n) is 2.58. The van der Waals surface area contributed by atoms with Gasteiger partial charge in [0.05, 0.1) is 6.61 Å². The predicted octanol–water partition coefficient (Wildman–Crippen LogP) is 2.67. The number of nitrogens with two attached hydrogens (primary N) is 1. The van der Waals surface area contributed by atoms with Crippen LogP contribution in [0.15, 0.2) is 6.07 Å². The Balaban J connectivity index is 2.64. The highest BCUT2D eigenvalue weighted by Gasteiger charge is 2.18. The average molecular weight is 250 g/mol. The molecule has 0 aromatic carbocycles. The van der Waals surface area contributed by atoms with Gasteiger partial charge in [0.25, 0.3) is 0 Å². The number of rotatable bonds is 2. The number of fused-ring (bicyclic) bond motifs is 1. The first-order chi connectivity index (χ1) is 8.04. The van der Waals surface area contributed by atoms with Crippen molar-refractivity contribution in [3.63, 3.8) is 0 Å². The lowest BCUT2D eigenvalue weighted by Gasteiger charge is -2.00. The third-order valence-corrected chi connectivity index (χ3v) is 3.74. The number of esters is 1. The lowest BCUT2D eigenvalue weighted by atomic mass is 10.1. The minimum absolute atomic E-state index is 0.286. The minimum atomic E-state index is -0.286. The van der Waals surface area contributed by atoms with Gasteiger partial charge in [0.2, 0.25) is 0 Å². The van der Waals surface area contributed by atoms with Crippen LogP contribution in [0.3, 0.4) is 0 Å². The summed E-state index contributed by atoms with van der Waals surface area (Å²) in [5.74, 6) is 0.192. The molecule has 0 aliphatic rings. The van der Waals surface area contributed by atoms with Crippen LogP contribution in [0.25, 0.3) is 10.2 Å². The first kappa shape index (κ1) is 11.9. The molecule has 90 valence electrons. The third kappa shape index (κ3) is 1.98. The lowest BCUT2D eigenvalue weighted by Crippen LogP contribution is -2.03. The zero-order valence-corrected chi connectivity index (χ0v) is 10.9. The maximum atomic E-state index is 11.8. The summed E-state index contributed by atoms with van der Waals surface area (Å²) in [6.07, 6.45) is 0. The normalized spacial score (nSPS) is 10.8. The quantitative estimate of drug-likeness (QED) is 0.832. The number of aromatic nitrogens is 1. The molecule has 0 aliphatic carbocycles.